The Morgan fingerprint density at radius 1 is 0.684 bits per heavy atom. The molecule has 10 rings (SSSR count). The fraction of sp³-hybridized carbons (Fsp3) is 0.324. The lowest BCUT2D eigenvalue weighted by Crippen LogP contribution is -2.38. The van der Waals surface area contributed by atoms with Crippen LogP contribution in [0.3, 0.4) is 0 Å². The van der Waals surface area contributed by atoms with Gasteiger partial charge in [-0.3, -0.25) is 0 Å². The highest BCUT2D eigenvalue weighted by molar-refractivity contribution is 7.89. The molecule has 2 fully saturated rings. The zero-order chi connectivity index (χ0) is 39.5. The molecule has 0 bridgehead atoms. The molecule has 20 heteroatoms. The molecule has 14 nitrogen and oxygen atoms in total. The molecule has 0 unspecified atom stereocenters. The number of benzene rings is 2. The summed E-state index contributed by atoms with van der Waals surface area (Å²) in [4.78, 5) is 12.1. The first-order chi connectivity index (χ1) is 27.5. The summed E-state index contributed by atoms with van der Waals surface area (Å²) in [6.07, 6.45) is 8.54. The summed E-state index contributed by atoms with van der Waals surface area (Å²) >= 11 is 1.42. The van der Waals surface area contributed by atoms with Crippen molar-refractivity contribution in [2.24, 2.45) is 0 Å². The van der Waals surface area contributed by atoms with Gasteiger partial charge in [-0.25, -0.2) is 54.0 Å². The summed E-state index contributed by atoms with van der Waals surface area (Å²) in [5, 5.41) is 8.09. The van der Waals surface area contributed by atoms with Crippen LogP contribution in [0.5, 0.6) is 5.75 Å². The number of piperidine rings is 2. The van der Waals surface area contributed by atoms with Gasteiger partial charge in [-0.1, -0.05) is 0 Å². The Bertz CT molecular complexity index is 2870. The van der Waals surface area contributed by atoms with E-state index in [2.05, 4.69) is 25.1 Å². The number of pyridine rings is 2. The number of ether oxygens (including phenoxy) is 1. The minimum absolute atomic E-state index is 0.0518. The van der Waals surface area contributed by atoms with E-state index >= 15 is 0 Å². The van der Waals surface area contributed by atoms with Crippen molar-refractivity contribution < 1.29 is 34.7 Å². The van der Waals surface area contributed by atoms with Crippen LogP contribution < -0.4 is 4.74 Å². The maximum absolute atomic E-state index is 14.5. The smallest absolute Gasteiger partial charge is 0.245 e. The lowest BCUT2D eigenvalue weighted by atomic mass is 9.91. The van der Waals surface area contributed by atoms with E-state index in [9.17, 15) is 30.0 Å². The monoisotopic (exact) mass is 837 g/mol. The molecular weight excluding hydrogens is 804 g/mol. The first-order valence-corrected chi connectivity index (χ1v) is 22.0. The summed E-state index contributed by atoms with van der Waals surface area (Å²) in [5.74, 6) is -1.30. The Morgan fingerprint density at radius 2 is 1.26 bits per heavy atom. The standard InChI is InChI=1S/C19H18F2N4O3S.C18H16FN5O2S2/c20-15-9-19-22-11-23-25(19)10-14(15)12-1-4-24(5-2-12)29(26,27)18-7-13-3-6-28-17(13)8-16(18)21;19-15-8-18-20-10-22-24(18)9-14(15)12-3-5-23(6-4-12)28(25,26)13-1-2-16-17(7-13)27-11-21-16/h7-12H,1-6H2;1-2,7-12H,3-6H2. The number of sulfonamides is 2. The second kappa shape index (κ2) is 14.7. The quantitative estimate of drug-likeness (QED) is 0.208. The summed E-state index contributed by atoms with van der Waals surface area (Å²) in [6, 6.07) is 10.2. The van der Waals surface area contributed by atoms with Crippen LogP contribution in [0.4, 0.5) is 13.2 Å². The van der Waals surface area contributed by atoms with Crippen LogP contribution >= 0.6 is 11.3 Å². The molecule has 0 aliphatic carbocycles. The van der Waals surface area contributed by atoms with E-state index in [-0.39, 0.29) is 46.4 Å². The van der Waals surface area contributed by atoms with Crippen LogP contribution in [-0.2, 0) is 26.5 Å². The third kappa shape index (κ3) is 7.02. The van der Waals surface area contributed by atoms with Gasteiger partial charge < -0.3 is 4.74 Å². The van der Waals surface area contributed by atoms with Gasteiger partial charge >= 0.3 is 0 Å². The fourth-order valence-corrected chi connectivity index (χ4v) is 11.6. The van der Waals surface area contributed by atoms with Gasteiger partial charge in [-0.05, 0) is 67.3 Å². The molecular formula is C37H34F3N9O5S3. The van der Waals surface area contributed by atoms with Crippen molar-refractivity contribution in [1.29, 1.82) is 0 Å². The van der Waals surface area contributed by atoms with Gasteiger partial charge in [-0.15, -0.1) is 11.3 Å². The van der Waals surface area contributed by atoms with Crippen molar-refractivity contribution in [3.05, 3.63) is 107 Å². The Hall–Kier alpha value is -5.02. The fourth-order valence-electron chi connectivity index (χ4n) is 7.78. The number of rotatable bonds is 6. The van der Waals surface area contributed by atoms with E-state index in [4.69, 9.17) is 4.74 Å². The summed E-state index contributed by atoms with van der Waals surface area (Å²) in [5.41, 5.74) is 5.11. The van der Waals surface area contributed by atoms with Crippen molar-refractivity contribution in [1.82, 2.24) is 42.8 Å². The Balaban J connectivity index is 0.000000148. The van der Waals surface area contributed by atoms with Crippen LogP contribution in [0, 0.1) is 17.5 Å². The van der Waals surface area contributed by atoms with E-state index in [1.807, 2.05) is 0 Å². The van der Waals surface area contributed by atoms with Crippen LogP contribution in [0.15, 0.2) is 82.8 Å². The van der Waals surface area contributed by atoms with Gasteiger partial charge in [0.25, 0.3) is 0 Å². The number of hydrogen-bond acceptors (Lipinski definition) is 11. The third-order valence-electron chi connectivity index (χ3n) is 10.9. The van der Waals surface area contributed by atoms with Crippen molar-refractivity contribution in [2.75, 3.05) is 32.8 Å². The predicted octanol–water partition coefficient (Wildman–Crippen LogP) is 5.56. The van der Waals surface area contributed by atoms with Gasteiger partial charge in [0.15, 0.2) is 11.3 Å². The summed E-state index contributed by atoms with van der Waals surface area (Å²) < 4.78 is 107. The number of fused-ring (bicyclic) bond motifs is 4. The molecule has 2 aromatic carbocycles. The average Bonchev–Trinajstić information content (AvgIpc) is 4.05. The molecule has 0 atom stereocenters. The second-order valence-electron chi connectivity index (χ2n) is 14.1. The highest BCUT2D eigenvalue weighted by Gasteiger charge is 2.35. The molecule has 3 aliphatic rings. The lowest BCUT2D eigenvalue weighted by molar-refractivity contribution is 0.314. The third-order valence-corrected chi connectivity index (χ3v) is 15.5. The van der Waals surface area contributed by atoms with E-state index in [1.54, 1.807) is 40.6 Å². The number of halogens is 3. The predicted molar refractivity (Wildman–Crippen MR) is 203 cm³/mol. The minimum atomic E-state index is -3.97. The zero-order valence-electron chi connectivity index (χ0n) is 30.1. The minimum Gasteiger partial charge on any atom is -0.493 e. The normalized spacial score (nSPS) is 17.5. The largest absolute Gasteiger partial charge is 0.493 e. The number of hydrogen-bond donors (Lipinski definition) is 0. The van der Waals surface area contributed by atoms with Gasteiger partial charge in [0, 0.05) is 74.3 Å². The van der Waals surface area contributed by atoms with Crippen LogP contribution in [0.25, 0.3) is 21.5 Å². The zero-order valence-corrected chi connectivity index (χ0v) is 32.5. The van der Waals surface area contributed by atoms with Crippen molar-refractivity contribution >= 4 is 52.9 Å². The van der Waals surface area contributed by atoms with Crippen LogP contribution in [-0.4, -0.2) is 92.4 Å². The van der Waals surface area contributed by atoms with Gasteiger partial charge in [0.1, 0.15) is 40.8 Å². The van der Waals surface area contributed by atoms with E-state index < -0.39 is 25.9 Å². The maximum Gasteiger partial charge on any atom is 0.245 e. The molecule has 0 N–H and O–H groups in total. The highest BCUT2D eigenvalue weighted by atomic mass is 32.2. The molecule has 5 aromatic heterocycles. The van der Waals surface area contributed by atoms with E-state index in [0.29, 0.717) is 85.5 Å². The molecule has 7 aromatic rings. The Kier molecular flexibility index (Phi) is 9.70. The maximum atomic E-state index is 14.5. The van der Waals surface area contributed by atoms with Crippen LogP contribution in [0.1, 0.15) is 54.2 Å². The van der Waals surface area contributed by atoms with Crippen molar-refractivity contribution in [2.45, 2.75) is 53.7 Å². The van der Waals surface area contributed by atoms with Crippen molar-refractivity contribution in [3.63, 3.8) is 0 Å². The SMILES string of the molecule is O=S(=O)(c1cc2c(cc1F)OCC2)N1CCC(c2cn3ncnc3cc2F)CC1.O=S(=O)(c1ccc2ncsc2c1)N1CCC(c2cn3ncnc3cc2F)CC1. The molecule has 57 heavy (non-hydrogen) atoms. The number of aromatic nitrogens is 7. The van der Waals surface area contributed by atoms with Gasteiger partial charge in [-0.2, -0.15) is 18.8 Å². The summed E-state index contributed by atoms with van der Waals surface area (Å²) in [7, 11) is -7.56. The van der Waals surface area contributed by atoms with E-state index in [1.165, 1.54) is 55.3 Å². The first kappa shape index (κ1) is 37.6. The summed E-state index contributed by atoms with van der Waals surface area (Å²) in [6.45, 7) is 1.50. The molecule has 0 radical (unpaired) electrons. The van der Waals surface area contributed by atoms with Crippen molar-refractivity contribution in [3.8, 4) is 5.75 Å². The van der Waals surface area contributed by atoms with Gasteiger partial charge in [0.05, 0.1) is 27.2 Å². The Morgan fingerprint density at radius 3 is 1.86 bits per heavy atom. The molecule has 2 saturated heterocycles. The molecule has 0 amide bonds. The molecule has 296 valence electrons. The molecule has 8 heterocycles. The molecule has 3 aliphatic heterocycles. The van der Waals surface area contributed by atoms with Gasteiger partial charge in [0.2, 0.25) is 20.0 Å². The first-order valence-electron chi connectivity index (χ1n) is 18.2. The Labute approximate surface area is 328 Å². The number of thiazole rings is 1. The second-order valence-corrected chi connectivity index (χ2v) is 18.8. The number of nitrogens with zero attached hydrogens (tertiary/aromatic N) is 9. The topological polar surface area (TPSA) is 157 Å². The highest BCUT2D eigenvalue weighted by Crippen LogP contribution is 2.36. The molecule has 0 saturated carbocycles. The van der Waals surface area contributed by atoms with E-state index in [0.717, 1.165) is 16.3 Å². The molecule has 0 spiro atoms. The van der Waals surface area contributed by atoms with Crippen LogP contribution in [0.2, 0.25) is 0 Å². The lowest BCUT2D eigenvalue weighted by Gasteiger charge is -2.31. The average molecular weight is 838 g/mol.